The molecule has 1 aliphatic heterocycles. The Bertz CT molecular complexity index is 690. The summed E-state index contributed by atoms with van der Waals surface area (Å²) in [6.45, 7) is 0.0293. The topological polar surface area (TPSA) is 98.9 Å². The number of hydrogen-bond donors (Lipinski definition) is 1. The average Bonchev–Trinajstić information content (AvgIpc) is 2.63. The van der Waals surface area contributed by atoms with Crippen molar-refractivity contribution >= 4 is 17.8 Å². The first kappa shape index (κ1) is 20.4. The number of amides is 1. The summed E-state index contributed by atoms with van der Waals surface area (Å²) in [6.07, 6.45) is -0.809. The number of halogens is 3. The summed E-state index contributed by atoms with van der Waals surface area (Å²) in [6, 6.07) is 0. The number of primary amides is 1. The summed E-state index contributed by atoms with van der Waals surface area (Å²) in [5, 5.41) is 0.924. The largest absolute Gasteiger partial charge is 0.492 e. The Morgan fingerprint density at radius 2 is 1.59 bits per heavy atom. The highest BCUT2D eigenvalue weighted by Gasteiger charge is 2.62. The number of nitrogens with zero attached hydrogens (tertiary/aromatic N) is 1. The highest BCUT2D eigenvalue weighted by atomic mass is 19.4. The number of carbonyl (C=O) groups excluding carboxylic acids is 3. The fourth-order valence-corrected chi connectivity index (χ4v) is 6.12. The molecule has 2 N–H and O–H groups in total. The molecule has 10 heteroatoms. The summed E-state index contributed by atoms with van der Waals surface area (Å²) in [5.41, 5.74) is 4.97. The lowest BCUT2D eigenvalue weighted by atomic mass is 9.48. The van der Waals surface area contributed by atoms with Crippen LogP contribution in [0.1, 0.15) is 44.9 Å². The van der Waals surface area contributed by atoms with Gasteiger partial charge in [-0.2, -0.15) is 13.2 Å². The molecule has 4 aliphatic carbocycles. The fourth-order valence-electron chi connectivity index (χ4n) is 6.12. The van der Waals surface area contributed by atoms with Gasteiger partial charge in [0, 0.05) is 13.1 Å². The Labute approximate surface area is 166 Å². The second-order valence-corrected chi connectivity index (χ2v) is 9.07. The first-order chi connectivity index (χ1) is 13.6. The number of hydrogen-bond acceptors (Lipinski definition) is 6. The molecular weight excluding hydrogens is 393 g/mol. The summed E-state index contributed by atoms with van der Waals surface area (Å²) >= 11 is 0. The second-order valence-electron chi connectivity index (χ2n) is 9.07. The first-order valence-corrected chi connectivity index (χ1v) is 10.1. The van der Waals surface area contributed by atoms with Crippen molar-refractivity contribution in [2.45, 2.75) is 57.2 Å². The minimum absolute atomic E-state index is 0.0147. The van der Waals surface area contributed by atoms with Crippen LogP contribution in [0.3, 0.4) is 0 Å². The molecule has 5 fully saturated rings. The Hall–Kier alpha value is -1.84. The standard InChI is InChI=1S/C19H25F3N2O5/c20-19(21,22)17(27)29-24-3-1-12(2-4-24)15(25)28-14-13-6-10-5-11(7-13)9-18(14,8-10)16(23)26/h10-14H,1-9H2,(H2,23,26). The van der Waals surface area contributed by atoms with Crippen LogP contribution in [0.15, 0.2) is 0 Å². The molecule has 4 bridgehead atoms. The minimum atomic E-state index is -5.06. The van der Waals surface area contributed by atoms with Crippen LogP contribution in [0, 0.1) is 29.1 Å². The number of hydroxylamine groups is 2. The van der Waals surface area contributed by atoms with E-state index in [0.29, 0.717) is 24.7 Å². The van der Waals surface area contributed by atoms with Crippen LogP contribution in [0.25, 0.3) is 0 Å². The van der Waals surface area contributed by atoms with Crippen LogP contribution in [-0.2, 0) is 24.0 Å². The Morgan fingerprint density at radius 1 is 1.00 bits per heavy atom. The van der Waals surface area contributed by atoms with Gasteiger partial charge in [-0.3, -0.25) is 9.59 Å². The van der Waals surface area contributed by atoms with E-state index in [1.807, 2.05) is 0 Å². The van der Waals surface area contributed by atoms with Gasteiger partial charge in [-0.05, 0) is 62.7 Å². The molecule has 0 aromatic rings. The molecule has 29 heavy (non-hydrogen) atoms. The van der Waals surface area contributed by atoms with E-state index in [1.165, 1.54) is 0 Å². The number of piperidine rings is 1. The molecule has 3 unspecified atom stereocenters. The van der Waals surface area contributed by atoms with Crippen molar-refractivity contribution in [1.29, 1.82) is 0 Å². The Balaban J connectivity index is 1.35. The zero-order chi connectivity index (χ0) is 21.0. The van der Waals surface area contributed by atoms with Gasteiger partial charge >= 0.3 is 18.1 Å². The maximum atomic E-state index is 12.8. The van der Waals surface area contributed by atoms with Crippen molar-refractivity contribution in [3.05, 3.63) is 0 Å². The van der Waals surface area contributed by atoms with Crippen molar-refractivity contribution in [3.63, 3.8) is 0 Å². The van der Waals surface area contributed by atoms with E-state index in [-0.39, 0.29) is 31.8 Å². The van der Waals surface area contributed by atoms with Gasteiger partial charge in [-0.1, -0.05) is 0 Å². The molecule has 1 saturated heterocycles. The van der Waals surface area contributed by atoms with Gasteiger partial charge in [-0.15, -0.1) is 5.06 Å². The van der Waals surface area contributed by atoms with Gasteiger partial charge < -0.3 is 15.3 Å². The third-order valence-electron chi connectivity index (χ3n) is 7.18. The quantitative estimate of drug-likeness (QED) is 0.701. The molecule has 1 amide bonds. The van der Waals surface area contributed by atoms with Crippen molar-refractivity contribution in [3.8, 4) is 0 Å². The predicted octanol–water partition coefficient (Wildman–Crippen LogP) is 1.94. The molecule has 1 heterocycles. The number of ether oxygens (including phenoxy) is 1. The van der Waals surface area contributed by atoms with Gasteiger partial charge in [0.25, 0.3) is 0 Å². The van der Waals surface area contributed by atoms with E-state index >= 15 is 0 Å². The van der Waals surface area contributed by atoms with Crippen molar-refractivity contribution in [2.24, 2.45) is 34.8 Å². The molecule has 0 radical (unpaired) electrons. The summed E-state index contributed by atoms with van der Waals surface area (Å²) in [4.78, 5) is 40.3. The fraction of sp³-hybridized carbons (Fsp3) is 0.842. The SMILES string of the molecule is NC(=O)C12CC3CC(CC(C3)C1OC(=O)C1CCN(OC(=O)C(F)(F)F)CC1)C2. The maximum Gasteiger partial charge on any atom is 0.492 e. The van der Waals surface area contributed by atoms with Crippen LogP contribution < -0.4 is 5.73 Å². The van der Waals surface area contributed by atoms with Crippen molar-refractivity contribution in [2.75, 3.05) is 13.1 Å². The Kier molecular flexibility index (Phi) is 5.03. The number of nitrogens with two attached hydrogens (primary N) is 1. The van der Waals surface area contributed by atoms with Crippen LogP contribution in [0.5, 0.6) is 0 Å². The lowest BCUT2D eigenvalue weighted by molar-refractivity contribution is -0.243. The number of carbonyl (C=O) groups is 3. The monoisotopic (exact) mass is 418 g/mol. The molecule has 3 atom stereocenters. The van der Waals surface area contributed by atoms with Gasteiger partial charge in [0.15, 0.2) is 0 Å². The van der Waals surface area contributed by atoms with Gasteiger partial charge in [-0.25, -0.2) is 4.79 Å². The molecule has 162 valence electrons. The molecule has 0 spiro atoms. The molecule has 4 saturated carbocycles. The van der Waals surface area contributed by atoms with Crippen LogP contribution in [-0.4, -0.2) is 48.3 Å². The maximum absolute atomic E-state index is 12.8. The normalized spacial score (nSPS) is 37.3. The van der Waals surface area contributed by atoms with Crippen molar-refractivity contribution < 1.29 is 37.1 Å². The van der Waals surface area contributed by atoms with Crippen molar-refractivity contribution in [1.82, 2.24) is 5.06 Å². The number of rotatable bonds is 4. The second kappa shape index (κ2) is 7.14. The minimum Gasteiger partial charge on any atom is -0.461 e. The number of alkyl halides is 3. The first-order valence-electron chi connectivity index (χ1n) is 10.1. The van der Waals surface area contributed by atoms with E-state index < -0.39 is 41.5 Å². The zero-order valence-corrected chi connectivity index (χ0v) is 16.0. The van der Waals surface area contributed by atoms with Crippen LogP contribution >= 0.6 is 0 Å². The molecule has 0 aromatic heterocycles. The highest BCUT2D eigenvalue weighted by molar-refractivity contribution is 5.83. The average molecular weight is 418 g/mol. The van der Waals surface area contributed by atoms with Crippen LogP contribution in [0.4, 0.5) is 13.2 Å². The molecule has 7 nitrogen and oxygen atoms in total. The predicted molar refractivity (Wildman–Crippen MR) is 91.5 cm³/mol. The van der Waals surface area contributed by atoms with Gasteiger partial charge in [0.2, 0.25) is 5.91 Å². The van der Waals surface area contributed by atoms with E-state index in [2.05, 4.69) is 4.84 Å². The van der Waals surface area contributed by atoms with E-state index in [0.717, 1.165) is 24.3 Å². The van der Waals surface area contributed by atoms with E-state index in [4.69, 9.17) is 10.5 Å². The summed E-state index contributed by atoms with van der Waals surface area (Å²) in [7, 11) is 0. The lowest BCUT2D eigenvalue weighted by Crippen LogP contribution is -2.62. The molecule has 5 rings (SSSR count). The third kappa shape index (κ3) is 3.71. The summed E-state index contributed by atoms with van der Waals surface area (Å²) in [5.74, 6) is -2.55. The van der Waals surface area contributed by atoms with Gasteiger partial charge in [0.05, 0.1) is 11.3 Å². The molecule has 0 aromatic carbocycles. The molecule has 5 aliphatic rings. The van der Waals surface area contributed by atoms with E-state index in [1.54, 1.807) is 0 Å². The summed E-state index contributed by atoms with van der Waals surface area (Å²) < 4.78 is 42.8. The number of esters is 1. The lowest BCUT2D eigenvalue weighted by Gasteiger charge is -2.58. The van der Waals surface area contributed by atoms with Crippen LogP contribution in [0.2, 0.25) is 0 Å². The zero-order valence-electron chi connectivity index (χ0n) is 16.0. The van der Waals surface area contributed by atoms with E-state index in [9.17, 15) is 27.6 Å². The molecular formula is C19H25F3N2O5. The highest BCUT2D eigenvalue weighted by Crippen LogP contribution is 2.61. The van der Waals surface area contributed by atoms with Gasteiger partial charge in [0.1, 0.15) is 6.10 Å². The Morgan fingerprint density at radius 3 is 2.10 bits per heavy atom. The smallest absolute Gasteiger partial charge is 0.461 e. The third-order valence-corrected chi connectivity index (χ3v) is 7.18.